The third-order valence-electron chi connectivity index (χ3n) is 19.5. The predicted molar refractivity (Wildman–Crippen MR) is 396 cm³/mol. The lowest BCUT2D eigenvalue weighted by Gasteiger charge is -2.06. The molecule has 0 aliphatic heterocycles. The molecule has 4 nitrogen and oxygen atoms in total. The van der Waals surface area contributed by atoms with E-state index < -0.39 is 0 Å². The number of carbonyl (C=O) groups excluding carboxylic acids is 2. The molecule has 0 fully saturated rings. The second kappa shape index (κ2) is 85.9. The Hall–Kier alpha value is -1.06. The Kier molecular flexibility index (Phi) is 86.9. The maximum atomic E-state index is 12.0. The van der Waals surface area contributed by atoms with Gasteiger partial charge < -0.3 is 9.47 Å². The molecule has 0 saturated carbocycles. The summed E-state index contributed by atoms with van der Waals surface area (Å²) >= 11 is 0. The van der Waals surface area contributed by atoms with E-state index in [1.54, 1.807) is 0 Å². The number of hydrogen-bond acceptors (Lipinski definition) is 4. The van der Waals surface area contributed by atoms with Gasteiger partial charge in [0.2, 0.25) is 0 Å². The molecule has 0 aromatic rings. The van der Waals surface area contributed by atoms with Crippen molar-refractivity contribution in [2.24, 2.45) is 0 Å². The van der Waals surface area contributed by atoms with Gasteiger partial charge in [-0.25, -0.2) is 0 Å². The maximum absolute atomic E-state index is 12.0. The van der Waals surface area contributed by atoms with Crippen LogP contribution < -0.4 is 0 Å². The van der Waals surface area contributed by atoms with Crippen molar-refractivity contribution in [3.8, 4) is 0 Å². The lowest BCUT2D eigenvalue weighted by molar-refractivity contribution is -0.144. The Balaban J connectivity index is 0. The largest absolute Gasteiger partial charge is 0.466 e. The molecule has 0 aromatic carbocycles. The van der Waals surface area contributed by atoms with Crippen molar-refractivity contribution < 1.29 is 19.1 Å². The second-order valence-electron chi connectivity index (χ2n) is 28.7. The van der Waals surface area contributed by atoms with E-state index in [0.29, 0.717) is 26.1 Å². The van der Waals surface area contributed by atoms with E-state index in [9.17, 15) is 9.59 Å². The third-order valence-corrected chi connectivity index (χ3v) is 19.5. The van der Waals surface area contributed by atoms with Gasteiger partial charge in [-0.05, 0) is 25.7 Å². The van der Waals surface area contributed by atoms with Crippen LogP contribution in [0.4, 0.5) is 0 Å². The number of carbonyl (C=O) groups is 2. The molecule has 0 radical (unpaired) electrons. The Labute approximate surface area is 557 Å². The second-order valence-corrected chi connectivity index (χ2v) is 28.7. The first kappa shape index (κ1) is 89.0. The summed E-state index contributed by atoms with van der Waals surface area (Å²) in [7, 11) is 0. The topological polar surface area (TPSA) is 52.6 Å². The Morgan fingerprint density at radius 2 is 0.250 bits per heavy atom. The van der Waals surface area contributed by atoms with Gasteiger partial charge in [-0.15, -0.1) is 0 Å². The molecule has 0 bridgehead atoms. The van der Waals surface area contributed by atoms with Gasteiger partial charge in [-0.1, -0.05) is 477 Å². The van der Waals surface area contributed by atoms with E-state index in [1.165, 1.54) is 449 Å². The summed E-state index contributed by atoms with van der Waals surface area (Å²) in [6.45, 7) is 10.5. The minimum Gasteiger partial charge on any atom is -0.466 e. The fourth-order valence-electron chi connectivity index (χ4n) is 13.2. The molecular formula is C84H168O4. The molecule has 0 spiro atoms. The zero-order chi connectivity index (χ0) is 63.7. The van der Waals surface area contributed by atoms with E-state index >= 15 is 0 Å². The number of unbranched alkanes of at least 4 members (excludes halogenated alkanes) is 70. The van der Waals surface area contributed by atoms with Crippen LogP contribution in [-0.4, -0.2) is 25.2 Å². The summed E-state index contributed by atoms with van der Waals surface area (Å²) in [5, 5.41) is 0. The van der Waals surface area contributed by atoms with E-state index in [-0.39, 0.29) is 11.9 Å². The minimum absolute atomic E-state index is 0.0301. The van der Waals surface area contributed by atoms with Crippen LogP contribution >= 0.6 is 0 Å². The predicted octanol–water partition coefficient (Wildman–Crippen LogP) is 30.8. The van der Waals surface area contributed by atoms with Crippen LogP contribution in [0.1, 0.15) is 516 Å². The van der Waals surface area contributed by atoms with Crippen molar-refractivity contribution in [3.05, 3.63) is 0 Å². The molecule has 0 amide bonds. The zero-order valence-corrected chi connectivity index (χ0v) is 61.8. The smallest absolute Gasteiger partial charge is 0.305 e. The highest BCUT2D eigenvalue weighted by Gasteiger charge is 2.06. The fraction of sp³-hybridized carbons (Fsp3) is 0.976. The molecule has 0 heterocycles. The van der Waals surface area contributed by atoms with Gasteiger partial charge in [-0.3, -0.25) is 9.59 Å². The van der Waals surface area contributed by atoms with Crippen molar-refractivity contribution >= 4 is 11.9 Å². The monoisotopic (exact) mass is 1240 g/mol. The van der Waals surface area contributed by atoms with Gasteiger partial charge in [0.25, 0.3) is 0 Å². The normalized spacial score (nSPS) is 11.4. The molecule has 0 unspecified atom stereocenters. The van der Waals surface area contributed by atoms with Crippen molar-refractivity contribution in [3.63, 3.8) is 0 Å². The molecule has 88 heavy (non-hydrogen) atoms. The highest BCUT2D eigenvalue weighted by molar-refractivity contribution is 5.69. The average Bonchev–Trinajstić information content (AvgIpc) is 3.53. The number of rotatable bonds is 78. The highest BCUT2D eigenvalue weighted by Crippen LogP contribution is 2.20. The third kappa shape index (κ3) is 87.0. The molecular weight excluding hydrogens is 1070 g/mol. The average molecular weight is 1240 g/mol. The summed E-state index contributed by atoms with van der Waals surface area (Å²) in [4.78, 5) is 24.0. The van der Waals surface area contributed by atoms with Gasteiger partial charge in [0.15, 0.2) is 0 Å². The van der Waals surface area contributed by atoms with E-state index in [1.807, 2.05) is 0 Å². The molecule has 0 N–H and O–H groups in total. The molecule has 0 aliphatic carbocycles. The van der Waals surface area contributed by atoms with Gasteiger partial charge in [0.1, 0.15) is 0 Å². The van der Waals surface area contributed by atoms with Crippen molar-refractivity contribution in [2.75, 3.05) is 13.2 Å². The number of ether oxygens (including phenoxy) is 2. The number of esters is 2. The Morgan fingerprint density at radius 1 is 0.148 bits per heavy atom. The van der Waals surface area contributed by atoms with Gasteiger partial charge in [0, 0.05) is 12.8 Å². The fourth-order valence-corrected chi connectivity index (χ4v) is 13.2. The summed E-state index contributed by atoms with van der Waals surface area (Å²) in [6.07, 6.45) is 104. The van der Waals surface area contributed by atoms with Crippen molar-refractivity contribution in [1.82, 2.24) is 0 Å². The lowest BCUT2D eigenvalue weighted by Crippen LogP contribution is -2.05. The first-order chi connectivity index (χ1) is 43.6. The Bertz CT molecular complexity index is 1220. The van der Waals surface area contributed by atoms with Crippen molar-refractivity contribution in [2.45, 2.75) is 516 Å². The van der Waals surface area contributed by atoms with Crippen LogP contribution in [-0.2, 0) is 19.1 Å². The lowest BCUT2D eigenvalue weighted by atomic mass is 10.0. The van der Waals surface area contributed by atoms with Crippen LogP contribution in [0, 0.1) is 0 Å². The highest BCUT2D eigenvalue weighted by atomic mass is 16.5. The van der Waals surface area contributed by atoms with Crippen LogP contribution in [0.3, 0.4) is 0 Å². The molecule has 0 atom stereocenters. The summed E-state index contributed by atoms with van der Waals surface area (Å²) in [5.74, 6) is 0.0623. The molecule has 0 saturated heterocycles. The van der Waals surface area contributed by atoms with Crippen molar-refractivity contribution in [1.29, 1.82) is 0 Å². The summed E-state index contributed by atoms with van der Waals surface area (Å²) < 4.78 is 10.9. The SMILES string of the molecule is CCCCCCCCCCCCCCCCCCCCCCOC(=O)CCCCCCCCCCCCCCCCC.CCCCCCCCCCCCCCCCCCCCCCOC(=O)CCCCCCCCCCCCCCCCCCCCC. The molecule has 0 rings (SSSR count). The van der Waals surface area contributed by atoms with Crippen LogP contribution in [0.25, 0.3) is 0 Å². The quantitative estimate of drug-likeness (QED) is 0.0450. The standard InChI is InChI=1S/C44H88O2.C40H80O2/c1-3-5-7-9-11-13-15-17-19-21-23-25-27-29-31-33-35-37-39-41-43-46-44(45)42-40-38-36-34-32-30-28-26-24-22-20-18-16-14-12-10-8-6-4-2;1-3-5-7-9-11-13-15-17-19-20-21-22-23-25-27-29-31-33-35-37-39-42-40(41)38-36-34-32-30-28-26-24-18-16-14-12-10-8-6-4-2/h3-43H2,1-2H3;3-39H2,1-2H3. The van der Waals surface area contributed by atoms with E-state index in [2.05, 4.69) is 27.7 Å². The van der Waals surface area contributed by atoms with Gasteiger partial charge >= 0.3 is 11.9 Å². The van der Waals surface area contributed by atoms with Gasteiger partial charge in [-0.2, -0.15) is 0 Å². The van der Waals surface area contributed by atoms with Crippen LogP contribution in [0.15, 0.2) is 0 Å². The molecule has 0 aliphatic rings. The first-order valence-electron chi connectivity index (χ1n) is 41.9. The van der Waals surface area contributed by atoms with Crippen LogP contribution in [0.5, 0.6) is 0 Å². The molecule has 4 heteroatoms. The number of hydrogen-bond donors (Lipinski definition) is 0. The van der Waals surface area contributed by atoms with E-state index in [0.717, 1.165) is 25.7 Å². The first-order valence-corrected chi connectivity index (χ1v) is 41.9. The zero-order valence-electron chi connectivity index (χ0n) is 61.8. The molecule has 528 valence electrons. The summed E-state index contributed by atoms with van der Waals surface area (Å²) in [5.41, 5.74) is 0. The Morgan fingerprint density at radius 3 is 0.375 bits per heavy atom. The maximum Gasteiger partial charge on any atom is 0.305 e. The summed E-state index contributed by atoms with van der Waals surface area (Å²) in [6, 6.07) is 0. The minimum atomic E-state index is 0.0301. The molecule has 0 aromatic heterocycles. The van der Waals surface area contributed by atoms with E-state index in [4.69, 9.17) is 9.47 Å². The van der Waals surface area contributed by atoms with Gasteiger partial charge in [0.05, 0.1) is 13.2 Å². The van der Waals surface area contributed by atoms with Crippen LogP contribution in [0.2, 0.25) is 0 Å².